The van der Waals surface area contributed by atoms with Gasteiger partial charge in [0.1, 0.15) is 11.3 Å². The minimum absolute atomic E-state index is 0.0117. The van der Waals surface area contributed by atoms with Gasteiger partial charge in [-0.3, -0.25) is 14.5 Å². The summed E-state index contributed by atoms with van der Waals surface area (Å²) < 4.78 is 11.4. The van der Waals surface area contributed by atoms with Crippen LogP contribution in [-0.2, 0) is 5.41 Å². The molecule has 0 N–H and O–H groups in total. The smallest absolute Gasteiger partial charge is 0.295 e. The molecule has 2 heterocycles. The standard InChI is InChI=1S/C30H29NO4/c1-17-15-23-24(16-18(17)2)35-28-25(27(23)32)26(19-7-9-20(10-8-19)30(3,4)5)31(29(28)33)21-11-13-22(34-6)14-12-21/h7-16,26H,1-6H3. The maximum Gasteiger partial charge on any atom is 0.295 e. The van der Waals surface area contributed by atoms with Gasteiger partial charge in [-0.15, -0.1) is 0 Å². The van der Waals surface area contributed by atoms with Gasteiger partial charge in [-0.25, -0.2) is 0 Å². The number of anilines is 1. The maximum atomic E-state index is 13.9. The van der Waals surface area contributed by atoms with E-state index in [4.69, 9.17) is 9.15 Å². The van der Waals surface area contributed by atoms with Crippen molar-refractivity contribution in [2.24, 2.45) is 0 Å². The molecule has 35 heavy (non-hydrogen) atoms. The normalized spacial score (nSPS) is 15.5. The van der Waals surface area contributed by atoms with Crippen molar-refractivity contribution in [3.63, 3.8) is 0 Å². The quantitative estimate of drug-likeness (QED) is 0.347. The van der Waals surface area contributed by atoms with E-state index in [1.54, 1.807) is 12.0 Å². The number of benzene rings is 3. The number of amides is 1. The SMILES string of the molecule is COc1ccc(N2C(=O)c3oc4cc(C)c(C)cc4c(=O)c3C2c2ccc(C(C)(C)C)cc2)cc1. The largest absolute Gasteiger partial charge is 0.497 e. The van der Waals surface area contributed by atoms with Crippen LogP contribution in [0.2, 0.25) is 0 Å². The van der Waals surface area contributed by atoms with Gasteiger partial charge >= 0.3 is 0 Å². The monoisotopic (exact) mass is 467 g/mol. The Balaban J connectivity index is 1.76. The highest BCUT2D eigenvalue weighted by Crippen LogP contribution is 2.42. The molecule has 0 spiro atoms. The third kappa shape index (κ3) is 3.72. The number of rotatable bonds is 3. The van der Waals surface area contributed by atoms with Crippen LogP contribution in [0.5, 0.6) is 5.75 Å². The molecule has 178 valence electrons. The van der Waals surface area contributed by atoms with Gasteiger partial charge < -0.3 is 9.15 Å². The molecule has 1 amide bonds. The molecule has 1 aliphatic heterocycles. The molecule has 1 unspecified atom stereocenters. The van der Waals surface area contributed by atoms with E-state index in [0.717, 1.165) is 16.7 Å². The Bertz CT molecular complexity index is 1510. The van der Waals surface area contributed by atoms with E-state index >= 15 is 0 Å². The zero-order chi connectivity index (χ0) is 25.1. The molecule has 0 saturated heterocycles. The van der Waals surface area contributed by atoms with Gasteiger partial charge in [0, 0.05) is 5.69 Å². The lowest BCUT2D eigenvalue weighted by molar-refractivity contribution is 0.0971. The first-order valence-electron chi connectivity index (χ1n) is 11.8. The van der Waals surface area contributed by atoms with Crippen LogP contribution in [0.15, 0.2) is 69.9 Å². The van der Waals surface area contributed by atoms with Gasteiger partial charge in [0.25, 0.3) is 5.91 Å². The van der Waals surface area contributed by atoms with Crippen molar-refractivity contribution in [2.45, 2.75) is 46.1 Å². The van der Waals surface area contributed by atoms with Crippen molar-refractivity contribution in [1.82, 2.24) is 0 Å². The fraction of sp³-hybridized carbons (Fsp3) is 0.267. The van der Waals surface area contributed by atoms with Crippen LogP contribution in [0.1, 0.15) is 65.2 Å². The molecule has 1 aromatic heterocycles. The number of carbonyl (C=O) groups excluding carboxylic acids is 1. The van der Waals surface area contributed by atoms with Crippen LogP contribution in [0.4, 0.5) is 5.69 Å². The highest BCUT2D eigenvalue weighted by atomic mass is 16.5. The summed E-state index contributed by atoms with van der Waals surface area (Å²) in [5.74, 6) is 0.466. The summed E-state index contributed by atoms with van der Waals surface area (Å²) in [4.78, 5) is 29.3. The number of methoxy groups -OCH3 is 1. The number of hydrogen-bond acceptors (Lipinski definition) is 4. The molecule has 5 rings (SSSR count). The predicted octanol–water partition coefficient (Wildman–Crippen LogP) is 6.47. The van der Waals surface area contributed by atoms with Crippen molar-refractivity contribution < 1.29 is 13.9 Å². The number of aryl methyl sites for hydroxylation is 2. The molecule has 0 aliphatic carbocycles. The van der Waals surface area contributed by atoms with Gasteiger partial charge in [0.2, 0.25) is 5.76 Å². The zero-order valence-corrected chi connectivity index (χ0v) is 20.9. The molecule has 3 aromatic carbocycles. The molecule has 0 saturated carbocycles. The topological polar surface area (TPSA) is 59.8 Å². The van der Waals surface area contributed by atoms with E-state index in [-0.39, 0.29) is 22.5 Å². The van der Waals surface area contributed by atoms with Gasteiger partial charge in [0.15, 0.2) is 5.43 Å². The Morgan fingerprint density at radius 3 is 2.11 bits per heavy atom. The van der Waals surface area contributed by atoms with Crippen molar-refractivity contribution in [2.75, 3.05) is 12.0 Å². The molecule has 5 nitrogen and oxygen atoms in total. The Labute approximate surface area is 205 Å². The van der Waals surface area contributed by atoms with Gasteiger partial charge in [-0.2, -0.15) is 0 Å². The molecular formula is C30H29NO4. The van der Waals surface area contributed by atoms with E-state index in [1.165, 1.54) is 5.56 Å². The highest BCUT2D eigenvalue weighted by molar-refractivity contribution is 6.10. The van der Waals surface area contributed by atoms with Gasteiger partial charge in [-0.1, -0.05) is 45.0 Å². The van der Waals surface area contributed by atoms with Gasteiger partial charge in [0.05, 0.1) is 24.1 Å². The second-order valence-corrected chi connectivity index (χ2v) is 10.3. The molecule has 1 atom stereocenters. The molecule has 4 aromatic rings. The second-order valence-electron chi connectivity index (χ2n) is 10.3. The number of hydrogen-bond donors (Lipinski definition) is 0. The highest BCUT2D eigenvalue weighted by Gasteiger charge is 2.43. The molecule has 1 aliphatic rings. The maximum absolute atomic E-state index is 13.9. The number of fused-ring (bicyclic) bond motifs is 2. The summed E-state index contributed by atoms with van der Waals surface area (Å²) in [7, 11) is 1.60. The van der Waals surface area contributed by atoms with Crippen LogP contribution in [0.25, 0.3) is 11.0 Å². The number of nitrogens with zero attached hydrogens (tertiary/aromatic N) is 1. The first-order chi connectivity index (χ1) is 16.6. The van der Waals surface area contributed by atoms with Crippen LogP contribution < -0.4 is 15.1 Å². The molecule has 0 bridgehead atoms. The molecule has 0 radical (unpaired) electrons. The lowest BCUT2D eigenvalue weighted by Crippen LogP contribution is -2.29. The second kappa shape index (κ2) is 8.12. The van der Waals surface area contributed by atoms with Crippen molar-refractivity contribution in [1.29, 1.82) is 0 Å². The number of ether oxygens (including phenoxy) is 1. The lowest BCUT2D eigenvalue weighted by atomic mass is 9.85. The average Bonchev–Trinajstić information content (AvgIpc) is 3.12. The van der Waals surface area contributed by atoms with Crippen molar-refractivity contribution in [3.8, 4) is 5.75 Å². The summed E-state index contributed by atoms with van der Waals surface area (Å²) in [6.07, 6.45) is 0. The lowest BCUT2D eigenvalue weighted by Gasteiger charge is -2.26. The van der Waals surface area contributed by atoms with E-state index in [9.17, 15) is 9.59 Å². The third-order valence-corrected chi connectivity index (χ3v) is 6.93. The minimum Gasteiger partial charge on any atom is -0.497 e. The van der Waals surface area contributed by atoms with E-state index in [0.29, 0.717) is 28.0 Å². The summed E-state index contributed by atoms with van der Waals surface area (Å²) in [5.41, 5.74) is 5.35. The first kappa shape index (κ1) is 22.9. The van der Waals surface area contributed by atoms with Crippen LogP contribution in [0, 0.1) is 13.8 Å². The fourth-order valence-electron chi connectivity index (χ4n) is 4.72. The number of carbonyl (C=O) groups is 1. The fourth-order valence-corrected chi connectivity index (χ4v) is 4.72. The summed E-state index contributed by atoms with van der Waals surface area (Å²) in [6, 6.07) is 18.5. The molecule has 0 fully saturated rings. The molecular weight excluding hydrogens is 438 g/mol. The Hall–Kier alpha value is -3.86. The van der Waals surface area contributed by atoms with Crippen molar-refractivity contribution >= 4 is 22.6 Å². The Morgan fingerprint density at radius 2 is 1.51 bits per heavy atom. The van der Waals surface area contributed by atoms with E-state index in [2.05, 4.69) is 32.9 Å². The summed E-state index contributed by atoms with van der Waals surface area (Å²) in [5, 5.41) is 0.493. The summed E-state index contributed by atoms with van der Waals surface area (Å²) >= 11 is 0. The van der Waals surface area contributed by atoms with E-state index in [1.807, 2.05) is 62.4 Å². The predicted molar refractivity (Wildman–Crippen MR) is 139 cm³/mol. The van der Waals surface area contributed by atoms with Crippen LogP contribution in [0.3, 0.4) is 0 Å². The minimum atomic E-state index is -0.595. The van der Waals surface area contributed by atoms with Crippen molar-refractivity contribution in [3.05, 3.63) is 104 Å². The third-order valence-electron chi connectivity index (χ3n) is 6.93. The average molecular weight is 468 g/mol. The Kier molecular flexibility index (Phi) is 5.32. The summed E-state index contributed by atoms with van der Waals surface area (Å²) in [6.45, 7) is 10.4. The van der Waals surface area contributed by atoms with Crippen LogP contribution in [-0.4, -0.2) is 13.0 Å². The van der Waals surface area contributed by atoms with Crippen LogP contribution >= 0.6 is 0 Å². The van der Waals surface area contributed by atoms with E-state index < -0.39 is 6.04 Å². The molecule has 5 heteroatoms. The van der Waals surface area contributed by atoms with Gasteiger partial charge in [-0.05, 0) is 77.9 Å². The first-order valence-corrected chi connectivity index (χ1v) is 11.8. The zero-order valence-electron chi connectivity index (χ0n) is 20.9. The Morgan fingerprint density at radius 1 is 0.886 bits per heavy atom.